The molecule has 1 fully saturated rings. The Morgan fingerprint density at radius 2 is 1.90 bits per heavy atom. The third kappa shape index (κ3) is 4.32. The summed E-state index contributed by atoms with van der Waals surface area (Å²) in [5.41, 5.74) is 2.80. The third-order valence-electron chi connectivity index (χ3n) is 4.41. The molecule has 1 aromatic rings. The zero-order chi connectivity index (χ0) is 14.5. The van der Waals surface area contributed by atoms with E-state index in [4.69, 9.17) is 0 Å². The molecular formula is C18H30N2. The van der Waals surface area contributed by atoms with Gasteiger partial charge in [0.25, 0.3) is 0 Å². The summed E-state index contributed by atoms with van der Waals surface area (Å²) in [5.74, 6) is 1.57. The second-order valence-electron chi connectivity index (χ2n) is 6.79. The van der Waals surface area contributed by atoms with Gasteiger partial charge in [0.1, 0.15) is 0 Å². The van der Waals surface area contributed by atoms with E-state index < -0.39 is 0 Å². The maximum absolute atomic E-state index is 3.61. The number of hydrogen-bond acceptors (Lipinski definition) is 2. The van der Waals surface area contributed by atoms with Gasteiger partial charge in [0.15, 0.2) is 0 Å². The van der Waals surface area contributed by atoms with Gasteiger partial charge in [-0.05, 0) is 57.3 Å². The Morgan fingerprint density at radius 1 is 1.20 bits per heavy atom. The van der Waals surface area contributed by atoms with E-state index in [9.17, 15) is 0 Å². The van der Waals surface area contributed by atoms with Gasteiger partial charge in [0, 0.05) is 12.6 Å². The lowest BCUT2D eigenvalue weighted by molar-refractivity contribution is 0.251. The fourth-order valence-electron chi connectivity index (χ4n) is 3.01. The molecule has 1 aliphatic rings. The Hall–Kier alpha value is -0.860. The summed E-state index contributed by atoms with van der Waals surface area (Å²) in [4.78, 5) is 2.63. The van der Waals surface area contributed by atoms with Crippen molar-refractivity contribution in [2.24, 2.45) is 11.8 Å². The average Bonchev–Trinajstić information content (AvgIpc) is 2.87. The van der Waals surface area contributed by atoms with Crippen LogP contribution in [-0.4, -0.2) is 31.1 Å². The number of benzene rings is 1. The largest absolute Gasteiger partial charge is 0.316 e. The SMILES string of the molecule is Cc1ccc(C(C)N2CCC(CNCC(C)C)C2)cc1. The lowest BCUT2D eigenvalue weighted by Crippen LogP contribution is -2.29. The van der Waals surface area contributed by atoms with E-state index in [1.54, 1.807) is 0 Å². The van der Waals surface area contributed by atoms with E-state index >= 15 is 0 Å². The van der Waals surface area contributed by atoms with Crippen LogP contribution >= 0.6 is 0 Å². The van der Waals surface area contributed by atoms with Crippen LogP contribution in [0, 0.1) is 18.8 Å². The molecule has 0 spiro atoms. The Morgan fingerprint density at radius 3 is 2.55 bits per heavy atom. The van der Waals surface area contributed by atoms with Crippen molar-refractivity contribution >= 4 is 0 Å². The van der Waals surface area contributed by atoms with Crippen molar-refractivity contribution in [3.8, 4) is 0 Å². The molecule has 0 saturated carbocycles. The number of nitrogens with zero attached hydrogens (tertiary/aromatic N) is 1. The molecule has 0 amide bonds. The highest BCUT2D eigenvalue weighted by Crippen LogP contribution is 2.27. The molecule has 0 radical (unpaired) electrons. The summed E-state index contributed by atoms with van der Waals surface area (Å²) in [5, 5.41) is 3.61. The third-order valence-corrected chi connectivity index (χ3v) is 4.41. The van der Waals surface area contributed by atoms with Gasteiger partial charge in [0.2, 0.25) is 0 Å². The quantitative estimate of drug-likeness (QED) is 0.852. The van der Waals surface area contributed by atoms with Crippen LogP contribution in [0.2, 0.25) is 0 Å². The van der Waals surface area contributed by atoms with Crippen LogP contribution in [0.5, 0.6) is 0 Å². The predicted octanol–water partition coefficient (Wildman–Crippen LogP) is 3.62. The molecule has 1 N–H and O–H groups in total. The fraction of sp³-hybridized carbons (Fsp3) is 0.667. The molecule has 2 rings (SSSR count). The number of likely N-dealkylation sites (tertiary alicyclic amines) is 1. The van der Waals surface area contributed by atoms with Crippen molar-refractivity contribution in [1.82, 2.24) is 10.2 Å². The minimum absolute atomic E-state index is 0.547. The molecule has 20 heavy (non-hydrogen) atoms. The zero-order valence-corrected chi connectivity index (χ0v) is 13.5. The van der Waals surface area contributed by atoms with Crippen molar-refractivity contribution in [1.29, 1.82) is 0 Å². The Balaban J connectivity index is 1.81. The molecule has 1 saturated heterocycles. The first-order chi connectivity index (χ1) is 9.56. The molecule has 2 atom stereocenters. The summed E-state index contributed by atoms with van der Waals surface area (Å²) in [6.45, 7) is 13.8. The highest BCUT2D eigenvalue weighted by atomic mass is 15.2. The highest BCUT2D eigenvalue weighted by molar-refractivity contribution is 5.23. The van der Waals surface area contributed by atoms with Crippen LogP contribution in [0.1, 0.15) is 44.4 Å². The molecule has 0 bridgehead atoms. The van der Waals surface area contributed by atoms with Crippen molar-refractivity contribution in [2.45, 2.75) is 40.2 Å². The first-order valence-corrected chi connectivity index (χ1v) is 8.07. The minimum atomic E-state index is 0.547. The summed E-state index contributed by atoms with van der Waals surface area (Å²) in [7, 11) is 0. The molecule has 1 heterocycles. The van der Waals surface area contributed by atoms with Crippen LogP contribution in [0.3, 0.4) is 0 Å². The van der Waals surface area contributed by atoms with Crippen LogP contribution in [-0.2, 0) is 0 Å². The standard InChI is InChI=1S/C18H30N2/c1-14(2)11-19-12-17-9-10-20(13-17)16(4)18-7-5-15(3)6-8-18/h5-8,14,16-17,19H,9-13H2,1-4H3. The maximum Gasteiger partial charge on any atom is 0.0320 e. The van der Waals surface area contributed by atoms with E-state index in [2.05, 4.69) is 62.2 Å². The van der Waals surface area contributed by atoms with Gasteiger partial charge in [-0.3, -0.25) is 4.90 Å². The molecule has 2 nitrogen and oxygen atoms in total. The molecule has 0 aromatic heterocycles. The van der Waals surface area contributed by atoms with Crippen molar-refractivity contribution in [3.05, 3.63) is 35.4 Å². The van der Waals surface area contributed by atoms with E-state index in [1.165, 1.54) is 37.2 Å². The first kappa shape index (κ1) is 15.5. The van der Waals surface area contributed by atoms with Gasteiger partial charge in [-0.1, -0.05) is 43.7 Å². The molecule has 2 heteroatoms. The topological polar surface area (TPSA) is 15.3 Å². The number of hydrogen-bond donors (Lipinski definition) is 1. The zero-order valence-electron chi connectivity index (χ0n) is 13.5. The molecule has 1 aromatic carbocycles. The Labute approximate surface area is 124 Å². The summed E-state index contributed by atoms with van der Waals surface area (Å²) in [6, 6.07) is 9.56. The lowest BCUT2D eigenvalue weighted by Gasteiger charge is -2.25. The Bertz CT molecular complexity index is 396. The van der Waals surface area contributed by atoms with Gasteiger partial charge < -0.3 is 5.32 Å². The van der Waals surface area contributed by atoms with Crippen LogP contribution in [0.4, 0.5) is 0 Å². The minimum Gasteiger partial charge on any atom is -0.316 e. The molecule has 0 aliphatic carbocycles. The van der Waals surface area contributed by atoms with Gasteiger partial charge in [0.05, 0.1) is 0 Å². The molecule has 112 valence electrons. The number of nitrogens with one attached hydrogen (secondary N) is 1. The van der Waals surface area contributed by atoms with Gasteiger partial charge in [-0.15, -0.1) is 0 Å². The van der Waals surface area contributed by atoms with Crippen LogP contribution in [0.25, 0.3) is 0 Å². The average molecular weight is 274 g/mol. The van der Waals surface area contributed by atoms with Crippen molar-refractivity contribution in [3.63, 3.8) is 0 Å². The first-order valence-electron chi connectivity index (χ1n) is 8.07. The van der Waals surface area contributed by atoms with Gasteiger partial charge in [-0.25, -0.2) is 0 Å². The summed E-state index contributed by atoms with van der Waals surface area (Å²) in [6.07, 6.45) is 1.33. The highest BCUT2D eigenvalue weighted by Gasteiger charge is 2.26. The van der Waals surface area contributed by atoms with Crippen LogP contribution < -0.4 is 5.32 Å². The summed E-state index contributed by atoms with van der Waals surface area (Å²) >= 11 is 0. The smallest absolute Gasteiger partial charge is 0.0320 e. The van der Waals surface area contributed by atoms with Crippen molar-refractivity contribution in [2.75, 3.05) is 26.2 Å². The monoisotopic (exact) mass is 274 g/mol. The maximum atomic E-state index is 3.61. The number of aryl methyl sites for hydroxylation is 1. The van der Waals surface area contributed by atoms with E-state index in [0.29, 0.717) is 6.04 Å². The number of rotatable bonds is 6. The fourth-order valence-corrected chi connectivity index (χ4v) is 3.01. The normalized spacial score (nSPS) is 21.6. The van der Waals surface area contributed by atoms with Crippen molar-refractivity contribution < 1.29 is 0 Å². The predicted molar refractivity (Wildman–Crippen MR) is 87.0 cm³/mol. The van der Waals surface area contributed by atoms with E-state index in [0.717, 1.165) is 18.4 Å². The van der Waals surface area contributed by atoms with E-state index in [1.807, 2.05) is 0 Å². The second-order valence-corrected chi connectivity index (χ2v) is 6.79. The van der Waals surface area contributed by atoms with Crippen LogP contribution in [0.15, 0.2) is 24.3 Å². The van der Waals surface area contributed by atoms with E-state index in [-0.39, 0.29) is 0 Å². The molecule has 2 unspecified atom stereocenters. The second kappa shape index (κ2) is 7.24. The van der Waals surface area contributed by atoms with Gasteiger partial charge in [-0.2, -0.15) is 0 Å². The molecule has 1 aliphatic heterocycles. The summed E-state index contributed by atoms with van der Waals surface area (Å²) < 4.78 is 0. The molecular weight excluding hydrogens is 244 g/mol. The van der Waals surface area contributed by atoms with Gasteiger partial charge >= 0.3 is 0 Å². The lowest BCUT2D eigenvalue weighted by atomic mass is 10.1. The Kier molecular flexibility index (Phi) is 5.62.